The average molecular weight is 419 g/mol. The highest BCUT2D eigenvalue weighted by molar-refractivity contribution is 5.94. The van der Waals surface area contributed by atoms with Crippen molar-refractivity contribution in [2.24, 2.45) is 5.92 Å². The molecule has 0 saturated carbocycles. The summed E-state index contributed by atoms with van der Waals surface area (Å²) in [4.78, 5) is 17.5. The topological polar surface area (TPSA) is 42.0 Å². The van der Waals surface area contributed by atoms with E-state index in [0.717, 1.165) is 74.8 Å². The Morgan fingerprint density at radius 1 is 1.00 bits per heavy atom. The van der Waals surface area contributed by atoms with Gasteiger partial charge in [-0.1, -0.05) is 11.8 Å². The van der Waals surface area contributed by atoms with Gasteiger partial charge in [-0.05, 0) is 67.3 Å². The number of rotatable bonds is 4. The molecule has 0 N–H and O–H groups in total. The molecule has 0 radical (unpaired) electrons. The first-order chi connectivity index (χ1) is 15.2. The second-order valence-electron chi connectivity index (χ2n) is 8.23. The van der Waals surface area contributed by atoms with Crippen molar-refractivity contribution in [3.05, 3.63) is 65.2 Å². The SMILES string of the molecule is COc1ccc(C#Cc2ccc(C(=O)N3CCCC(CN4CCOCC4)C3)cc2)cc1. The molecule has 1 unspecified atom stereocenters. The van der Waals surface area contributed by atoms with Crippen LogP contribution in [0.3, 0.4) is 0 Å². The third kappa shape index (κ3) is 5.88. The van der Waals surface area contributed by atoms with Crippen LogP contribution in [0.5, 0.6) is 5.75 Å². The third-order valence-corrected chi connectivity index (χ3v) is 6.00. The Morgan fingerprint density at radius 2 is 1.65 bits per heavy atom. The summed E-state index contributed by atoms with van der Waals surface area (Å²) < 4.78 is 10.6. The second kappa shape index (κ2) is 10.5. The fourth-order valence-corrected chi connectivity index (χ4v) is 4.24. The van der Waals surface area contributed by atoms with Crippen molar-refractivity contribution in [1.82, 2.24) is 9.80 Å². The minimum absolute atomic E-state index is 0.126. The molecule has 2 aliphatic heterocycles. The Bertz CT molecular complexity index is 922. The van der Waals surface area contributed by atoms with Crippen LogP contribution in [0, 0.1) is 17.8 Å². The Labute approximate surface area is 184 Å². The van der Waals surface area contributed by atoms with Gasteiger partial charge in [0, 0.05) is 49.4 Å². The molecule has 2 heterocycles. The van der Waals surface area contributed by atoms with Crippen molar-refractivity contribution in [2.75, 3.05) is 53.0 Å². The van der Waals surface area contributed by atoms with Crippen LogP contribution in [0.2, 0.25) is 0 Å². The average Bonchev–Trinajstić information content (AvgIpc) is 2.84. The Morgan fingerprint density at radius 3 is 2.29 bits per heavy atom. The smallest absolute Gasteiger partial charge is 0.253 e. The molecule has 2 fully saturated rings. The van der Waals surface area contributed by atoms with E-state index in [0.29, 0.717) is 5.92 Å². The normalized spacial score (nSPS) is 19.4. The molecular formula is C26H30N2O3. The summed E-state index contributed by atoms with van der Waals surface area (Å²) in [6.45, 7) is 6.40. The van der Waals surface area contributed by atoms with Gasteiger partial charge in [0.15, 0.2) is 0 Å². The zero-order valence-corrected chi connectivity index (χ0v) is 18.2. The monoisotopic (exact) mass is 418 g/mol. The first-order valence-corrected chi connectivity index (χ1v) is 11.1. The van der Waals surface area contributed by atoms with Crippen molar-refractivity contribution >= 4 is 5.91 Å². The molecule has 1 amide bonds. The maximum absolute atomic E-state index is 13.0. The number of carbonyl (C=O) groups excluding carboxylic acids is 1. The van der Waals surface area contributed by atoms with Crippen molar-refractivity contribution < 1.29 is 14.3 Å². The van der Waals surface area contributed by atoms with Gasteiger partial charge in [0.25, 0.3) is 5.91 Å². The number of hydrogen-bond donors (Lipinski definition) is 0. The Kier molecular flexibility index (Phi) is 7.24. The van der Waals surface area contributed by atoms with E-state index < -0.39 is 0 Å². The Hall–Kier alpha value is -2.81. The highest BCUT2D eigenvalue weighted by atomic mass is 16.5. The first kappa shape index (κ1) is 21.4. The fourth-order valence-electron chi connectivity index (χ4n) is 4.24. The molecule has 1 atom stereocenters. The van der Waals surface area contributed by atoms with Crippen LogP contribution in [-0.4, -0.2) is 68.8 Å². The number of piperidine rings is 1. The van der Waals surface area contributed by atoms with Crippen molar-refractivity contribution in [2.45, 2.75) is 12.8 Å². The molecule has 2 aromatic carbocycles. The highest BCUT2D eigenvalue weighted by Crippen LogP contribution is 2.20. The second-order valence-corrected chi connectivity index (χ2v) is 8.23. The van der Waals surface area contributed by atoms with Gasteiger partial charge in [0.05, 0.1) is 20.3 Å². The molecule has 2 aliphatic rings. The lowest BCUT2D eigenvalue weighted by molar-refractivity contribution is 0.0224. The van der Waals surface area contributed by atoms with Gasteiger partial charge in [-0.15, -0.1) is 0 Å². The summed E-state index contributed by atoms with van der Waals surface area (Å²) in [6.07, 6.45) is 2.27. The lowest BCUT2D eigenvalue weighted by Crippen LogP contribution is -2.46. The summed E-state index contributed by atoms with van der Waals surface area (Å²) in [7, 11) is 1.65. The number of methoxy groups -OCH3 is 1. The minimum Gasteiger partial charge on any atom is -0.497 e. The first-order valence-electron chi connectivity index (χ1n) is 11.1. The lowest BCUT2D eigenvalue weighted by atomic mass is 9.96. The van der Waals surface area contributed by atoms with Gasteiger partial charge in [-0.3, -0.25) is 9.69 Å². The number of ether oxygens (including phenoxy) is 2. The maximum atomic E-state index is 13.0. The minimum atomic E-state index is 0.126. The standard InChI is InChI=1S/C26H30N2O3/c1-30-25-12-8-22(9-13-25)5-4-21-6-10-24(11-7-21)26(29)28-14-2-3-23(20-28)19-27-15-17-31-18-16-27/h6-13,23H,2-3,14-20H2,1H3. The maximum Gasteiger partial charge on any atom is 0.253 e. The molecule has 162 valence electrons. The molecule has 4 rings (SSSR count). The predicted molar refractivity (Wildman–Crippen MR) is 121 cm³/mol. The molecule has 31 heavy (non-hydrogen) atoms. The lowest BCUT2D eigenvalue weighted by Gasteiger charge is -2.36. The molecule has 2 saturated heterocycles. The molecule has 0 spiro atoms. The van der Waals surface area contributed by atoms with Gasteiger partial charge in [0.2, 0.25) is 0 Å². The number of benzene rings is 2. The van der Waals surface area contributed by atoms with Gasteiger partial charge in [-0.25, -0.2) is 0 Å². The number of amides is 1. The van der Waals surface area contributed by atoms with E-state index in [9.17, 15) is 4.79 Å². The van der Waals surface area contributed by atoms with Gasteiger partial charge >= 0.3 is 0 Å². The Balaban J connectivity index is 1.34. The van der Waals surface area contributed by atoms with Crippen LogP contribution in [0.15, 0.2) is 48.5 Å². The highest BCUT2D eigenvalue weighted by Gasteiger charge is 2.26. The molecule has 0 bridgehead atoms. The van der Waals surface area contributed by atoms with Gasteiger partial charge in [0.1, 0.15) is 5.75 Å². The number of carbonyl (C=O) groups is 1. The zero-order chi connectivity index (χ0) is 21.5. The van der Waals surface area contributed by atoms with E-state index in [1.54, 1.807) is 7.11 Å². The van der Waals surface area contributed by atoms with Crippen LogP contribution < -0.4 is 4.74 Å². The summed E-state index contributed by atoms with van der Waals surface area (Å²) in [5.74, 6) is 7.81. The quantitative estimate of drug-likeness (QED) is 0.715. The molecule has 0 aliphatic carbocycles. The number of nitrogens with zero attached hydrogens (tertiary/aromatic N) is 2. The summed E-state index contributed by atoms with van der Waals surface area (Å²) in [5, 5.41) is 0. The third-order valence-electron chi connectivity index (χ3n) is 6.00. The van der Waals surface area contributed by atoms with Crippen molar-refractivity contribution in [3.63, 3.8) is 0 Å². The number of hydrogen-bond acceptors (Lipinski definition) is 4. The molecule has 5 heteroatoms. The van der Waals surface area contributed by atoms with E-state index in [4.69, 9.17) is 9.47 Å². The molecular weight excluding hydrogens is 388 g/mol. The zero-order valence-electron chi connectivity index (χ0n) is 18.2. The van der Waals surface area contributed by atoms with E-state index in [-0.39, 0.29) is 5.91 Å². The van der Waals surface area contributed by atoms with E-state index in [1.807, 2.05) is 53.4 Å². The van der Waals surface area contributed by atoms with Crippen LogP contribution in [0.1, 0.15) is 34.3 Å². The summed E-state index contributed by atoms with van der Waals surface area (Å²) in [5.41, 5.74) is 2.57. The molecule has 0 aromatic heterocycles. The van der Waals surface area contributed by atoms with Crippen LogP contribution in [-0.2, 0) is 4.74 Å². The van der Waals surface area contributed by atoms with Gasteiger partial charge < -0.3 is 14.4 Å². The van der Waals surface area contributed by atoms with Crippen LogP contribution in [0.4, 0.5) is 0 Å². The van der Waals surface area contributed by atoms with E-state index >= 15 is 0 Å². The number of morpholine rings is 1. The number of likely N-dealkylation sites (tertiary alicyclic amines) is 1. The summed E-state index contributed by atoms with van der Waals surface area (Å²) in [6, 6.07) is 15.3. The van der Waals surface area contributed by atoms with Crippen molar-refractivity contribution in [3.8, 4) is 17.6 Å². The predicted octanol–water partition coefficient (Wildman–Crippen LogP) is 3.28. The van der Waals surface area contributed by atoms with E-state index in [2.05, 4.69) is 16.7 Å². The largest absolute Gasteiger partial charge is 0.497 e. The molecule has 5 nitrogen and oxygen atoms in total. The summed E-state index contributed by atoms with van der Waals surface area (Å²) >= 11 is 0. The van der Waals surface area contributed by atoms with Crippen molar-refractivity contribution in [1.29, 1.82) is 0 Å². The van der Waals surface area contributed by atoms with Crippen LogP contribution >= 0.6 is 0 Å². The van der Waals surface area contributed by atoms with Gasteiger partial charge in [-0.2, -0.15) is 0 Å². The van der Waals surface area contributed by atoms with Crippen LogP contribution in [0.25, 0.3) is 0 Å². The van der Waals surface area contributed by atoms with E-state index in [1.165, 1.54) is 6.42 Å². The molecule has 2 aromatic rings. The fraction of sp³-hybridized carbons (Fsp3) is 0.423.